The minimum absolute atomic E-state index is 0. The third kappa shape index (κ3) is 6.02. The maximum Gasteiger partial charge on any atom is 0.191 e. The van der Waals surface area contributed by atoms with E-state index in [0.29, 0.717) is 13.1 Å². The second kappa shape index (κ2) is 10.6. The number of aliphatic imine (C=N–C) groups is 1. The van der Waals surface area contributed by atoms with Crippen molar-refractivity contribution < 1.29 is 0 Å². The predicted molar refractivity (Wildman–Crippen MR) is 118 cm³/mol. The Bertz CT molecular complexity index is 861. The van der Waals surface area contributed by atoms with E-state index in [4.69, 9.17) is 0 Å². The molecule has 0 amide bonds. The van der Waals surface area contributed by atoms with Crippen LogP contribution in [-0.2, 0) is 20.1 Å². The van der Waals surface area contributed by atoms with Gasteiger partial charge >= 0.3 is 0 Å². The first-order valence-electron chi connectivity index (χ1n) is 8.61. The summed E-state index contributed by atoms with van der Waals surface area (Å²) >= 11 is 0. The minimum atomic E-state index is 0. The molecule has 0 bridgehead atoms. The van der Waals surface area contributed by atoms with Crippen LogP contribution in [-0.4, -0.2) is 32.3 Å². The van der Waals surface area contributed by atoms with Gasteiger partial charge in [0, 0.05) is 25.4 Å². The van der Waals surface area contributed by atoms with E-state index >= 15 is 0 Å². The fourth-order valence-corrected chi connectivity index (χ4v) is 2.52. The fourth-order valence-electron chi connectivity index (χ4n) is 2.52. The first-order valence-corrected chi connectivity index (χ1v) is 8.61. The molecule has 142 valence electrons. The van der Waals surface area contributed by atoms with E-state index in [9.17, 15) is 0 Å². The molecule has 0 fully saturated rings. The molecule has 0 radical (unpaired) electrons. The summed E-state index contributed by atoms with van der Waals surface area (Å²) in [6.45, 7) is 3.98. The first-order chi connectivity index (χ1) is 12.8. The van der Waals surface area contributed by atoms with Crippen molar-refractivity contribution in [3.05, 3.63) is 66.4 Å². The van der Waals surface area contributed by atoms with Gasteiger partial charge < -0.3 is 10.6 Å². The van der Waals surface area contributed by atoms with Crippen molar-refractivity contribution in [2.45, 2.75) is 20.0 Å². The number of benzene rings is 1. The molecule has 0 spiro atoms. The molecule has 7 nitrogen and oxygen atoms in total. The Morgan fingerprint density at radius 1 is 1.11 bits per heavy atom. The van der Waals surface area contributed by atoms with E-state index in [2.05, 4.69) is 48.9 Å². The Labute approximate surface area is 176 Å². The normalized spacial score (nSPS) is 11.0. The number of hydrogen-bond donors (Lipinski definition) is 2. The zero-order valence-electron chi connectivity index (χ0n) is 15.5. The van der Waals surface area contributed by atoms with Crippen LogP contribution >= 0.6 is 24.0 Å². The van der Waals surface area contributed by atoms with Gasteiger partial charge in [0.25, 0.3) is 0 Å². The standard InChI is InChI=1S/C19H23N7.HI/c1-3-20-19(23-13-18-24-14-25-26(18)2)22-12-15-7-6-8-16(11-15)17-9-4-5-10-21-17;/h4-11,14H,3,12-13H2,1-2H3,(H2,20,22,23);1H. The molecule has 2 N–H and O–H groups in total. The van der Waals surface area contributed by atoms with E-state index in [0.717, 1.165) is 35.1 Å². The average molecular weight is 477 g/mol. The van der Waals surface area contributed by atoms with Crippen LogP contribution in [0.15, 0.2) is 60.0 Å². The zero-order valence-corrected chi connectivity index (χ0v) is 17.8. The zero-order chi connectivity index (χ0) is 18.2. The van der Waals surface area contributed by atoms with Crippen LogP contribution in [0.25, 0.3) is 11.3 Å². The van der Waals surface area contributed by atoms with Crippen LogP contribution in [0.2, 0.25) is 0 Å². The molecule has 8 heteroatoms. The molecule has 0 atom stereocenters. The summed E-state index contributed by atoms with van der Waals surface area (Å²) < 4.78 is 1.74. The number of halogens is 1. The number of nitrogens with one attached hydrogen (secondary N) is 2. The topological polar surface area (TPSA) is 80.0 Å². The highest BCUT2D eigenvalue weighted by Crippen LogP contribution is 2.18. The van der Waals surface area contributed by atoms with Gasteiger partial charge in [0.05, 0.1) is 18.8 Å². The van der Waals surface area contributed by atoms with E-state index < -0.39 is 0 Å². The van der Waals surface area contributed by atoms with Crippen molar-refractivity contribution in [2.75, 3.05) is 6.54 Å². The van der Waals surface area contributed by atoms with Crippen molar-refractivity contribution in [3.8, 4) is 11.3 Å². The second-order valence-corrected chi connectivity index (χ2v) is 5.76. The Hall–Kier alpha value is -2.49. The van der Waals surface area contributed by atoms with Crippen LogP contribution in [0.1, 0.15) is 18.3 Å². The van der Waals surface area contributed by atoms with Gasteiger partial charge in [0.2, 0.25) is 0 Å². The Kier molecular flexibility index (Phi) is 8.18. The Balaban J connectivity index is 0.00000261. The molecule has 0 saturated carbocycles. The van der Waals surface area contributed by atoms with Crippen molar-refractivity contribution >= 4 is 29.9 Å². The third-order valence-corrected chi connectivity index (χ3v) is 3.87. The van der Waals surface area contributed by atoms with Gasteiger partial charge in [0.1, 0.15) is 12.2 Å². The number of guanidine groups is 1. The lowest BCUT2D eigenvalue weighted by molar-refractivity contribution is 0.673. The predicted octanol–water partition coefficient (Wildman–Crippen LogP) is 2.75. The van der Waals surface area contributed by atoms with Crippen LogP contribution in [0.4, 0.5) is 0 Å². The van der Waals surface area contributed by atoms with Gasteiger partial charge in [-0.15, -0.1) is 24.0 Å². The summed E-state index contributed by atoms with van der Waals surface area (Å²) in [5.41, 5.74) is 3.19. The minimum Gasteiger partial charge on any atom is -0.357 e. The number of nitrogens with zero attached hydrogens (tertiary/aromatic N) is 5. The highest BCUT2D eigenvalue weighted by atomic mass is 127. The lowest BCUT2D eigenvalue weighted by Crippen LogP contribution is -2.37. The van der Waals surface area contributed by atoms with E-state index in [1.54, 1.807) is 17.2 Å². The fraction of sp³-hybridized carbons (Fsp3) is 0.263. The van der Waals surface area contributed by atoms with E-state index in [1.807, 2.05) is 38.2 Å². The number of rotatable bonds is 6. The Morgan fingerprint density at radius 3 is 2.70 bits per heavy atom. The molecule has 0 aliphatic carbocycles. The van der Waals surface area contributed by atoms with Crippen LogP contribution in [0.5, 0.6) is 0 Å². The van der Waals surface area contributed by atoms with Crippen molar-refractivity contribution in [2.24, 2.45) is 12.0 Å². The lowest BCUT2D eigenvalue weighted by Gasteiger charge is -2.11. The number of aromatic nitrogens is 4. The molecule has 0 aliphatic rings. The first kappa shape index (κ1) is 20.8. The van der Waals surface area contributed by atoms with Gasteiger partial charge in [0.15, 0.2) is 5.96 Å². The van der Waals surface area contributed by atoms with Crippen LogP contribution < -0.4 is 10.6 Å². The van der Waals surface area contributed by atoms with Crippen molar-refractivity contribution in [1.29, 1.82) is 0 Å². The molecule has 1 aromatic carbocycles. The SMILES string of the molecule is CCNC(=NCc1cccc(-c2ccccn2)c1)NCc1ncnn1C.I. The van der Waals surface area contributed by atoms with Gasteiger partial charge in [-0.2, -0.15) is 5.10 Å². The second-order valence-electron chi connectivity index (χ2n) is 5.76. The van der Waals surface area contributed by atoms with Gasteiger partial charge in [-0.1, -0.05) is 24.3 Å². The molecule has 0 unspecified atom stereocenters. The maximum absolute atomic E-state index is 4.66. The molecule has 3 aromatic rings. The summed E-state index contributed by atoms with van der Waals surface area (Å²) in [4.78, 5) is 13.3. The molecule has 2 aromatic heterocycles. The summed E-state index contributed by atoms with van der Waals surface area (Å²) in [5.74, 6) is 1.60. The van der Waals surface area contributed by atoms with Crippen molar-refractivity contribution in [1.82, 2.24) is 30.4 Å². The lowest BCUT2D eigenvalue weighted by atomic mass is 10.1. The van der Waals surface area contributed by atoms with Gasteiger partial charge in [-0.3, -0.25) is 9.67 Å². The number of hydrogen-bond acceptors (Lipinski definition) is 4. The molecule has 3 rings (SSSR count). The smallest absolute Gasteiger partial charge is 0.191 e. The van der Waals surface area contributed by atoms with Crippen molar-refractivity contribution in [3.63, 3.8) is 0 Å². The summed E-state index contributed by atoms with van der Waals surface area (Å²) in [6.07, 6.45) is 3.35. The number of aryl methyl sites for hydroxylation is 1. The molecular weight excluding hydrogens is 453 g/mol. The third-order valence-electron chi connectivity index (χ3n) is 3.87. The highest BCUT2D eigenvalue weighted by Gasteiger charge is 2.04. The van der Waals surface area contributed by atoms with E-state index in [-0.39, 0.29) is 24.0 Å². The Morgan fingerprint density at radius 2 is 2.00 bits per heavy atom. The monoisotopic (exact) mass is 477 g/mol. The van der Waals surface area contributed by atoms with Crippen LogP contribution in [0.3, 0.4) is 0 Å². The summed E-state index contributed by atoms with van der Waals surface area (Å²) in [5, 5.41) is 10.6. The number of pyridine rings is 1. The summed E-state index contributed by atoms with van der Waals surface area (Å²) in [6, 6.07) is 14.2. The summed E-state index contributed by atoms with van der Waals surface area (Å²) in [7, 11) is 1.87. The van der Waals surface area contributed by atoms with E-state index in [1.165, 1.54) is 0 Å². The van der Waals surface area contributed by atoms with Crippen LogP contribution in [0, 0.1) is 0 Å². The average Bonchev–Trinajstić information content (AvgIpc) is 3.10. The highest BCUT2D eigenvalue weighted by molar-refractivity contribution is 14.0. The molecule has 27 heavy (non-hydrogen) atoms. The molecule has 2 heterocycles. The quantitative estimate of drug-likeness (QED) is 0.324. The van der Waals surface area contributed by atoms with Gasteiger partial charge in [-0.05, 0) is 30.7 Å². The molecule has 0 saturated heterocycles. The molecular formula is C19H24IN7. The maximum atomic E-state index is 4.66. The molecule has 0 aliphatic heterocycles. The largest absolute Gasteiger partial charge is 0.357 e. The van der Waals surface area contributed by atoms with Gasteiger partial charge in [-0.25, -0.2) is 9.98 Å².